The molecule has 0 spiro atoms. The van der Waals surface area contributed by atoms with Gasteiger partial charge in [-0.05, 0) is 87.7 Å². The van der Waals surface area contributed by atoms with Gasteiger partial charge in [-0.1, -0.05) is 62.7 Å². The van der Waals surface area contributed by atoms with Crippen LogP contribution < -0.4 is 4.74 Å². The van der Waals surface area contributed by atoms with Crippen molar-refractivity contribution in [3.8, 4) is 5.75 Å². The maximum atomic E-state index is 13.8. The number of hydrogen-bond donors (Lipinski definition) is 0. The Bertz CT molecular complexity index is 1150. The summed E-state index contributed by atoms with van der Waals surface area (Å²) in [5, 5.41) is 0. The number of rotatable bonds is 12. The number of likely N-dealkylation sites (N-methyl/N-ethyl adjacent to an activating group) is 1. The second-order valence-electron chi connectivity index (χ2n) is 12.8. The van der Waals surface area contributed by atoms with E-state index in [0.29, 0.717) is 18.9 Å². The highest BCUT2D eigenvalue weighted by atomic mass is 16.6. The van der Waals surface area contributed by atoms with Crippen molar-refractivity contribution in [2.24, 2.45) is 5.92 Å². The highest BCUT2D eigenvalue weighted by molar-refractivity contribution is 5.76. The Balaban J connectivity index is 1.56. The molecule has 1 heterocycles. The summed E-state index contributed by atoms with van der Waals surface area (Å²) in [4.78, 5) is 30.9. The molecule has 1 amide bonds. The maximum Gasteiger partial charge on any atom is 0.303 e. The molecule has 0 aromatic heterocycles. The lowest BCUT2D eigenvalue weighted by molar-refractivity contribution is -0.189. The zero-order valence-corrected chi connectivity index (χ0v) is 25.9. The number of ether oxygens (including phenoxy) is 2. The largest absolute Gasteiger partial charge is 0.497 e. The second-order valence-corrected chi connectivity index (χ2v) is 12.8. The number of piperidine rings is 1. The Kier molecular flexibility index (Phi) is 10.5. The van der Waals surface area contributed by atoms with Gasteiger partial charge in [-0.2, -0.15) is 0 Å². The molecule has 1 saturated carbocycles. The predicted molar refractivity (Wildman–Crippen MR) is 164 cm³/mol. The van der Waals surface area contributed by atoms with Gasteiger partial charge in [0.1, 0.15) is 11.4 Å². The first-order chi connectivity index (χ1) is 19.7. The number of fused-ring (bicyclic) bond motifs is 1. The fraction of sp³-hybridized carbons (Fsp3) is 0.600. The lowest BCUT2D eigenvalue weighted by Gasteiger charge is -2.60. The summed E-state index contributed by atoms with van der Waals surface area (Å²) < 4.78 is 12.0. The average molecular weight is 563 g/mol. The number of amides is 1. The minimum absolute atomic E-state index is 0.104. The van der Waals surface area contributed by atoms with Gasteiger partial charge in [0.05, 0.1) is 7.11 Å². The van der Waals surface area contributed by atoms with E-state index in [0.717, 1.165) is 75.8 Å². The number of esters is 1. The summed E-state index contributed by atoms with van der Waals surface area (Å²) in [5.74, 6) is 1.21. The zero-order chi connectivity index (χ0) is 29.5. The molecule has 224 valence electrons. The van der Waals surface area contributed by atoms with E-state index in [2.05, 4.69) is 73.2 Å². The fourth-order valence-electron chi connectivity index (χ4n) is 7.37. The topological polar surface area (TPSA) is 59.1 Å². The van der Waals surface area contributed by atoms with Crippen molar-refractivity contribution < 1.29 is 19.1 Å². The fourth-order valence-corrected chi connectivity index (χ4v) is 7.37. The van der Waals surface area contributed by atoms with Crippen molar-refractivity contribution in [2.75, 3.05) is 33.8 Å². The van der Waals surface area contributed by atoms with Crippen LogP contribution in [-0.2, 0) is 26.2 Å². The summed E-state index contributed by atoms with van der Waals surface area (Å²) >= 11 is 0. The Morgan fingerprint density at radius 2 is 1.83 bits per heavy atom. The predicted octanol–water partition coefficient (Wildman–Crippen LogP) is 6.41. The first kappa shape index (κ1) is 31.1. The van der Waals surface area contributed by atoms with Crippen LogP contribution in [0, 0.1) is 5.92 Å². The van der Waals surface area contributed by atoms with Gasteiger partial charge in [0.25, 0.3) is 0 Å². The Labute approximate surface area is 247 Å². The highest BCUT2D eigenvalue weighted by Crippen LogP contribution is 2.54. The van der Waals surface area contributed by atoms with Crippen LogP contribution >= 0.6 is 0 Å². The maximum absolute atomic E-state index is 13.8. The van der Waals surface area contributed by atoms with Crippen LogP contribution in [0.3, 0.4) is 0 Å². The van der Waals surface area contributed by atoms with Gasteiger partial charge in [0, 0.05) is 37.9 Å². The molecular formula is C35H50N2O4. The molecule has 2 aromatic rings. The number of unbranched alkanes of at least 4 members (excludes halogenated alkanes) is 2. The molecule has 0 N–H and O–H groups in total. The van der Waals surface area contributed by atoms with Crippen molar-refractivity contribution in [3.63, 3.8) is 0 Å². The summed E-state index contributed by atoms with van der Waals surface area (Å²) in [6.07, 6.45) is 7.93. The van der Waals surface area contributed by atoms with Crippen LogP contribution in [0.15, 0.2) is 54.6 Å². The van der Waals surface area contributed by atoms with E-state index < -0.39 is 11.0 Å². The minimum atomic E-state index is -0.640. The van der Waals surface area contributed by atoms with E-state index in [-0.39, 0.29) is 17.9 Å². The molecule has 0 bridgehead atoms. The summed E-state index contributed by atoms with van der Waals surface area (Å²) in [6, 6.07) is 19.0. The van der Waals surface area contributed by atoms with Crippen molar-refractivity contribution in [3.05, 3.63) is 65.7 Å². The smallest absolute Gasteiger partial charge is 0.303 e. The molecule has 3 atom stereocenters. The molecule has 2 fully saturated rings. The molecule has 3 unspecified atom stereocenters. The third-order valence-electron chi connectivity index (χ3n) is 9.27. The van der Waals surface area contributed by atoms with Crippen molar-refractivity contribution in [2.45, 2.75) is 95.6 Å². The van der Waals surface area contributed by atoms with Crippen LogP contribution in [0.4, 0.5) is 0 Å². The number of benzene rings is 2. The number of carbonyl (C=O) groups is 2. The monoisotopic (exact) mass is 562 g/mol. The average Bonchev–Trinajstić information content (AvgIpc) is 2.95. The first-order valence-corrected chi connectivity index (χ1v) is 15.5. The van der Waals surface area contributed by atoms with E-state index in [4.69, 9.17) is 9.47 Å². The molecule has 0 radical (unpaired) electrons. The zero-order valence-electron chi connectivity index (χ0n) is 25.9. The van der Waals surface area contributed by atoms with Crippen molar-refractivity contribution in [1.29, 1.82) is 0 Å². The number of nitrogens with zero attached hydrogens (tertiary/aromatic N) is 2. The number of hydrogen-bond acceptors (Lipinski definition) is 5. The third-order valence-corrected chi connectivity index (χ3v) is 9.27. The summed E-state index contributed by atoms with van der Waals surface area (Å²) in [5.41, 5.74) is 1.47. The molecule has 1 aliphatic heterocycles. The van der Waals surface area contributed by atoms with Gasteiger partial charge in [0.15, 0.2) is 0 Å². The molecule has 1 saturated heterocycles. The molecule has 2 aliphatic rings. The van der Waals surface area contributed by atoms with Gasteiger partial charge in [0.2, 0.25) is 5.91 Å². The summed E-state index contributed by atoms with van der Waals surface area (Å²) in [7, 11) is 3.80. The number of likely N-dealkylation sites (tertiary alicyclic amines) is 1. The number of methoxy groups -OCH3 is 1. The van der Waals surface area contributed by atoms with Gasteiger partial charge >= 0.3 is 5.97 Å². The molecule has 41 heavy (non-hydrogen) atoms. The van der Waals surface area contributed by atoms with Crippen LogP contribution in [0.5, 0.6) is 5.75 Å². The van der Waals surface area contributed by atoms with Gasteiger partial charge < -0.3 is 19.3 Å². The van der Waals surface area contributed by atoms with E-state index in [1.165, 1.54) is 12.5 Å². The molecule has 4 rings (SSSR count). The van der Waals surface area contributed by atoms with Gasteiger partial charge in [-0.3, -0.25) is 9.59 Å². The third kappa shape index (κ3) is 7.32. The second kappa shape index (κ2) is 13.9. The lowest BCUT2D eigenvalue weighted by Crippen LogP contribution is -2.68. The van der Waals surface area contributed by atoms with Gasteiger partial charge in [-0.25, -0.2) is 0 Å². The molecule has 6 nitrogen and oxygen atoms in total. The van der Waals surface area contributed by atoms with Crippen LogP contribution in [0.1, 0.15) is 83.3 Å². The SMILES string of the molecule is COc1cccc(C23CCN(C)CC2(OC(C)=O)CCC(N(CC(C)C)C(=O)CCCCCc2ccccc2)C3)c1. The highest BCUT2D eigenvalue weighted by Gasteiger charge is 2.61. The van der Waals surface area contributed by atoms with Crippen LogP contribution in [0.25, 0.3) is 0 Å². The van der Waals surface area contributed by atoms with Crippen LogP contribution in [0.2, 0.25) is 0 Å². The number of aryl methyl sites for hydroxylation is 1. The normalized spacial score (nSPS) is 24.5. The van der Waals surface area contributed by atoms with E-state index >= 15 is 0 Å². The quantitative estimate of drug-likeness (QED) is 0.221. The minimum Gasteiger partial charge on any atom is -0.497 e. The molecule has 1 aliphatic carbocycles. The summed E-state index contributed by atoms with van der Waals surface area (Å²) in [6.45, 7) is 8.27. The molecule has 6 heteroatoms. The van der Waals surface area contributed by atoms with E-state index in [9.17, 15) is 9.59 Å². The number of carbonyl (C=O) groups excluding carboxylic acids is 2. The first-order valence-electron chi connectivity index (χ1n) is 15.5. The van der Waals surface area contributed by atoms with Crippen molar-refractivity contribution in [1.82, 2.24) is 9.80 Å². The Morgan fingerprint density at radius 3 is 2.54 bits per heavy atom. The van der Waals surface area contributed by atoms with Crippen molar-refractivity contribution >= 4 is 11.9 Å². The molecule has 2 aromatic carbocycles. The lowest BCUT2D eigenvalue weighted by atomic mass is 9.55. The van der Waals surface area contributed by atoms with Gasteiger partial charge in [-0.15, -0.1) is 0 Å². The van der Waals surface area contributed by atoms with E-state index in [1.807, 2.05) is 12.1 Å². The Morgan fingerprint density at radius 1 is 1.05 bits per heavy atom. The molecular weight excluding hydrogens is 512 g/mol. The van der Waals surface area contributed by atoms with E-state index in [1.54, 1.807) is 7.11 Å². The Hall–Kier alpha value is -2.86. The van der Waals surface area contributed by atoms with Crippen LogP contribution in [-0.4, -0.2) is 67.1 Å². The standard InChI is InChI=1S/C35H50N2O4/c1-27(2)25-37(33(39)18-11-7-10-15-29-13-8-6-9-14-29)31-19-20-35(41-28(3)38)26-36(4)22-21-34(35,24-31)30-16-12-17-32(23-30)40-5/h6,8-9,12-14,16-17,23,27,31H,7,10-11,15,18-22,24-26H2,1-5H3.